The molecule has 1 aliphatic rings. The van der Waals surface area contributed by atoms with Crippen molar-refractivity contribution >= 4 is 29.1 Å². The van der Waals surface area contributed by atoms with E-state index in [9.17, 15) is 4.79 Å². The van der Waals surface area contributed by atoms with Gasteiger partial charge in [0.25, 0.3) is 5.91 Å². The van der Waals surface area contributed by atoms with Crippen LogP contribution in [0, 0.1) is 0 Å². The van der Waals surface area contributed by atoms with Crippen LogP contribution in [0.5, 0.6) is 5.75 Å². The third kappa shape index (κ3) is 3.89. The maximum Gasteiger partial charge on any atom is 0.260 e. The van der Waals surface area contributed by atoms with Gasteiger partial charge in [-0.25, -0.2) is 0 Å². The number of amides is 1. The first-order chi connectivity index (χ1) is 13.1. The van der Waals surface area contributed by atoms with E-state index < -0.39 is 0 Å². The van der Waals surface area contributed by atoms with Gasteiger partial charge in [0.05, 0.1) is 10.9 Å². The number of carbonyl (C=O) groups is 1. The number of aromatic nitrogens is 3. The van der Waals surface area contributed by atoms with Crippen molar-refractivity contribution in [2.75, 3.05) is 19.7 Å². The molecular formula is C18H14Cl2N4O3. The van der Waals surface area contributed by atoms with Gasteiger partial charge in [-0.2, -0.15) is 4.98 Å². The molecule has 0 bridgehead atoms. The van der Waals surface area contributed by atoms with Gasteiger partial charge in [-0.3, -0.25) is 9.78 Å². The Bertz CT molecular complexity index is 958. The van der Waals surface area contributed by atoms with Crippen LogP contribution < -0.4 is 4.74 Å². The smallest absolute Gasteiger partial charge is 0.260 e. The van der Waals surface area contributed by atoms with E-state index in [1.165, 1.54) is 0 Å². The van der Waals surface area contributed by atoms with Crippen LogP contribution in [0.4, 0.5) is 0 Å². The standard InChI is InChI=1S/C18H14Cl2N4O3/c19-13-3-4-15(14(20)6-13)26-10-16(25)24-8-12(9-24)18-22-17(23-27-18)11-2-1-5-21-7-11/h1-7,12H,8-10H2. The lowest BCUT2D eigenvalue weighted by Gasteiger charge is -2.36. The van der Waals surface area contributed by atoms with E-state index in [1.54, 1.807) is 35.5 Å². The third-order valence-electron chi connectivity index (χ3n) is 4.19. The fraction of sp³-hybridized carbons (Fsp3) is 0.222. The lowest BCUT2D eigenvalue weighted by Crippen LogP contribution is -2.50. The first kappa shape index (κ1) is 17.8. The molecule has 0 N–H and O–H groups in total. The fourth-order valence-electron chi connectivity index (χ4n) is 2.67. The number of ether oxygens (including phenoxy) is 1. The molecule has 0 unspecified atom stereocenters. The molecule has 0 radical (unpaired) electrons. The minimum absolute atomic E-state index is 0.0194. The van der Waals surface area contributed by atoms with Crippen molar-refractivity contribution in [1.29, 1.82) is 0 Å². The van der Waals surface area contributed by atoms with Gasteiger partial charge in [0.15, 0.2) is 6.61 Å². The molecule has 3 heterocycles. The van der Waals surface area contributed by atoms with Gasteiger partial charge in [-0.15, -0.1) is 0 Å². The Balaban J connectivity index is 1.30. The maximum atomic E-state index is 12.2. The van der Waals surface area contributed by atoms with E-state index in [0.29, 0.717) is 40.6 Å². The van der Waals surface area contributed by atoms with Crippen LogP contribution in [0.2, 0.25) is 10.0 Å². The summed E-state index contributed by atoms with van der Waals surface area (Å²) < 4.78 is 10.8. The molecule has 9 heteroatoms. The van der Waals surface area contributed by atoms with Crippen molar-refractivity contribution < 1.29 is 14.1 Å². The number of likely N-dealkylation sites (tertiary alicyclic amines) is 1. The lowest BCUT2D eigenvalue weighted by atomic mass is 10.0. The minimum atomic E-state index is -0.135. The van der Waals surface area contributed by atoms with Crippen LogP contribution in [0.3, 0.4) is 0 Å². The summed E-state index contributed by atoms with van der Waals surface area (Å²) in [6, 6.07) is 8.52. The number of hydrogen-bond donors (Lipinski definition) is 0. The van der Waals surface area contributed by atoms with Crippen LogP contribution in [-0.4, -0.2) is 45.6 Å². The van der Waals surface area contributed by atoms with Crippen LogP contribution >= 0.6 is 23.2 Å². The molecule has 2 aromatic heterocycles. The quantitative estimate of drug-likeness (QED) is 0.647. The largest absolute Gasteiger partial charge is 0.482 e. The highest BCUT2D eigenvalue weighted by Crippen LogP contribution is 2.29. The molecule has 7 nitrogen and oxygen atoms in total. The van der Waals surface area contributed by atoms with E-state index in [4.69, 9.17) is 32.5 Å². The van der Waals surface area contributed by atoms with Crippen LogP contribution in [-0.2, 0) is 4.79 Å². The summed E-state index contributed by atoms with van der Waals surface area (Å²) in [5.74, 6) is 1.31. The summed E-state index contributed by atoms with van der Waals surface area (Å²) in [5, 5.41) is 4.85. The maximum absolute atomic E-state index is 12.2. The van der Waals surface area contributed by atoms with Crippen LogP contribution in [0.1, 0.15) is 11.8 Å². The molecule has 1 fully saturated rings. The van der Waals surface area contributed by atoms with Gasteiger partial charge in [-0.05, 0) is 30.3 Å². The molecule has 4 rings (SSSR count). The summed E-state index contributed by atoms with van der Waals surface area (Å²) in [5.41, 5.74) is 0.785. The molecule has 1 amide bonds. The zero-order valence-corrected chi connectivity index (χ0v) is 15.5. The highest BCUT2D eigenvalue weighted by atomic mass is 35.5. The van der Waals surface area contributed by atoms with E-state index in [0.717, 1.165) is 5.56 Å². The molecule has 0 spiro atoms. The van der Waals surface area contributed by atoms with E-state index in [-0.39, 0.29) is 18.4 Å². The number of rotatable bonds is 5. The Labute approximate surface area is 164 Å². The Hall–Kier alpha value is -2.64. The van der Waals surface area contributed by atoms with Crippen molar-refractivity contribution in [2.45, 2.75) is 5.92 Å². The zero-order valence-electron chi connectivity index (χ0n) is 14.0. The predicted octanol–water partition coefficient (Wildman–Crippen LogP) is 3.44. The van der Waals surface area contributed by atoms with E-state index in [1.807, 2.05) is 12.1 Å². The zero-order chi connectivity index (χ0) is 18.8. The molecule has 0 atom stereocenters. The molecular weight excluding hydrogens is 391 g/mol. The number of pyridine rings is 1. The Kier molecular flexibility index (Phi) is 4.96. The molecule has 1 aromatic carbocycles. The van der Waals surface area contributed by atoms with Gasteiger partial charge >= 0.3 is 0 Å². The van der Waals surface area contributed by atoms with Crippen molar-refractivity contribution in [2.24, 2.45) is 0 Å². The van der Waals surface area contributed by atoms with Crippen molar-refractivity contribution in [3.63, 3.8) is 0 Å². The number of hydrogen-bond acceptors (Lipinski definition) is 6. The van der Waals surface area contributed by atoms with Crippen molar-refractivity contribution in [1.82, 2.24) is 20.0 Å². The summed E-state index contributed by atoms with van der Waals surface area (Å²) >= 11 is 11.9. The number of nitrogens with zero attached hydrogens (tertiary/aromatic N) is 4. The summed E-state index contributed by atoms with van der Waals surface area (Å²) in [6.45, 7) is 0.912. The minimum Gasteiger partial charge on any atom is -0.482 e. The normalized spacial score (nSPS) is 14.1. The first-order valence-corrected chi connectivity index (χ1v) is 8.95. The van der Waals surface area contributed by atoms with Gasteiger partial charge in [-0.1, -0.05) is 28.4 Å². The van der Waals surface area contributed by atoms with Crippen LogP contribution in [0.15, 0.2) is 47.2 Å². The lowest BCUT2D eigenvalue weighted by molar-refractivity contribution is -0.138. The Morgan fingerprint density at radius 1 is 1.30 bits per heavy atom. The summed E-state index contributed by atoms with van der Waals surface area (Å²) in [6.07, 6.45) is 3.35. The van der Waals surface area contributed by atoms with Gasteiger partial charge in [0, 0.05) is 36.1 Å². The van der Waals surface area contributed by atoms with Crippen molar-refractivity contribution in [3.05, 3.63) is 58.7 Å². The molecule has 138 valence electrons. The second-order valence-corrected chi connectivity index (χ2v) is 6.90. The predicted molar refractivity (Wildman–Crippen MR) is 98.8 cm³/mol. The van der Waals surface area contributed by atoms with Crippen molar-refractivity contribution in [3.8, 4) is 17.1 Å². The molecule has 0 aliphatic carbocycles. The average Bonchev–Trinajstić information content (AvgIpc) is 3.10. The van der Waals surface area contributed by atoms with E-state index >= 15 is 0 Å². The van der Waals surface area contributed by atoms with E-state index in [2.05, 4.69) is 15.1 Å². The van der Waals surface area contributed by atoms with Gasteiger partial charge in [0.2, 0.25) is 11.7 Å². The second kappa shape index (κ2) is 7.54. The number of carbonyl (C=O) groups excluding carboxylic acids is 1. The first-order valence-electron chi connectivity index (χ1n) is 8.20. The summed E-state index contributed by atoms with van der Waals surface area (Å²) in [7, 11) is 0. The monoisotopic (exact) mass is 404 g/mol. The molecule has 1 aliphatic heterocycles. The summed E-state index contributed by atoms with van der Waals surface area (Å²) in [4.78, 5) is 22.3. The molecule has 0 saturated carbocycles. The topological polar surface area (TPSA) is 81.4 Å². The van der Waals surface area contributed by atoms with Gasteiger partial charge in [0.1, 0.15) is 5.75 Å². The SMILES string of the molecule is O=C(COc1ccc(Cl)cc1Cl)N1CC(c2nc(-c3cccnc3)no2)C1. The highest BCUT2D eigenvalue weighted by Gasteiger charge is 2.35. The fourth-order valence-corrected chi connectivity index (χ4v) is 3.14. The molecule has 1 saturated heterocycles. The second-order valence-electron chi connectivity index (χ2n) is 6.06. The third-order valence-corrected chi connectivity index (χ3v) is 4.72. The number of halogens is 2. The van der Waals surface area contributed by atoms with Gasteiger partial charge < -0.3 is 14.2 Å². The highest BCUT2D eigenvalue weighted by molar-refractivity contribution is 6.35. The van der Waals surface area contributed by atoms with Crippen LogP contribution in [0.25, 0.3) is 11.4 Å². The average molecular weight is 405 g/mol. The Morgan fingerprint density at radius 2 is 2.15 bits per heavy atom. The Morgan fingerprint density at radius 3 is 2.89 bits per heavy atom. The number of benzene rings is 1. The molecule has 27 heavy (non-hydrogen) atoms. The molecule has 3 aromatic rings.